The van der Waals surface area contributed by atoms with Crippen LogP contribution in [0.5, 0.6) is 0 Å². The number of benzene rings is 1. The van der Waals surface area contributed by atoms with Crippen molar-refractivity contribution < 1.29 is 17.6 Å². The van der Waals surface area contributed by atoms with Crippen LogP contribution in [0.4, 0.5) is 0 Å². The first-order valence-corrected chi connectivity index (χ1v) is 9.02. The molecule has 1 saturated heterocycles. The molecule has 0 spiro atoms. The number of hydrogen-bond donors (Lipinski definition) is 1. The van der Waals surface area contributed by atoms with Crippen molar-refractivity contribution in [2.45, 2.75) is 23.7 Å². The van der Waals surface area contributed by atoms with E-state index in [0.29, 0.717) is 18.1 Å². The van der Waals surface area contributed by atoms with E-state index in [1.165, 1.54) is 19.2 Å². The minimum Gasteiger partial charge on any atom is -0.420 e. The van der Waals surface area contributed by atoms with Gasteiger partial charge in [-0.05, 0) is 38.1 Å². The summed E-state index contributed by atoms with van der Waals surface area (Å²) in [5.41, 5.74) is 0.499. The van der Waals surface area contributed by atoms with E-state index in [1.54, 1.807) is 6.07 Å². The van der Waals surface area contributed by atoms with Crippen LogP contribution in [0, 0.1) is 0 Å². The van der Waals surface area contributed by atoms with Gasteiger partial charge in [-0.15, -0.1) is 10.2 Å². The van der Waals surface area contributed by atoms with E-state index in [1.807, 2.05) is 0 Å². The summed E-state index contributed by atoms with van der Waals surface area (Å²) in [7, 11) is -2.34. The Hall–Kier alpha value is -1.48. The average Bonchev–Trinajstić information content (AvgIpc) is 3.06. The Morgan fingerprint density at radius 3 is 2.87 bits per heavy atom. The molecule has 0 bridgehead atoms. The predicted molar refractivity (Wildman–Crippen MR) is 83.8 cm³/mol. The van der Waals surface area contributed by atoms with Gasteiger partial charge in [0.15, 0.2) is 0 Å². The zero-order valence-electron chi connectivity index (χ0n) is 12.5. The summed E-state index contributed by atoms with van der Waals surface area (Å²) in [5, 5.41) is 8.19. The lowest BCUT2D eigenvalue weighted by molar-refractivity contribution is 0.0727. The van der Waals surface area contributed by atoms with E-state index < -0.39 is 10.0 Å². The van der Waals surface area contributed by atoms with Gasteiger partial charge in [0, 0.05) is 12.2 Å². The number of rotatable bonds is 4. The molecule has 0 radical (unpaired) electrons. The second kappa shape index (κ2) is 6.56. The fourth-order valence-corrected chi connectivity index (χ4v) is 3.65. The van der Waals surface area contributed by atoms with Gasteiger partial charge in [0.05, 0.1) is 17.5 Å². The van der Waals surface area contributed by atoms with Crippen LogP contribution in [-0.2, 0) is 14.8 Å². The van der Waals surface area contributed by atoms with Gasteiger partial charge >= 0.3 is 0 Å². The lowest BCUT2D eigenvalue weighted by Crippen LogP contribution is -2.19. The summed E-state index contributed by atoms with van der Waals surface area (Å²) >= 11 is 5.97. The van der Waals surface area contributed by atoms with E-state index in [9.17, 15) is 8.42 Å². The summed E-state index contributed by atoms with van der Waals surface area (Å²) in [6, 6.07) is 4.56. The quantitative estimate of drug-likeness (QED) is 0.901. The molecule has 124 valence electrons. The van der Waals surface area contributed by atoms with Crippen LogP contribution in [0.1, 0.15) is 24.7 Å². The lowest BCUT2D eigenvalue weighted by atomic mass is 10.0. The van der Waals surface area contributed by atoms with E-state index in [0.717, 1.165) is 19.4 Å². The van der Waals surface area contributed by atoms with Crippen LogP contribution in [0.3, 0.4) is 0 Å². The molecule has 3 rings (SSSR count). The normalized spacial score (nSPS) is 19.0. The third-order valence-electron chi connectivity index (χ3n) is 3.69. The monoisotopic (exact) mass is 357 g/mol. The molecular weight excluding hydrogens is 342 g/mol. The lowest BCUT2D eigenvalue weighted by Gasteiger charge is -2.18. The van der Waals surface area contributed by atoms with Crippen molar-refractivity contribution in [2.24, 2.45) is 0 Å². The highest BCUT2D eigenvalue weighted by molar-refractivity contribution is 7.89. The Morgan fingerprint density at radius 1 is 1.35 bits per heavy atom. The Kier molecular flexibility index (Phi) is 4.67. The Labute approximate surface area is 139 Å². The van der Waals surface area contributed by atoms with E-state index >= 15 is 0 Å². The molecule has 1 aromatic carbocycles. The SMILES string of the molecule is CNS(=O)(=O)c1cc(-c2nnc(C3CCCOC3)o2)ccc1Cl. The molecule has 0 aliphatic carbocycles. The maximum Gasteiger partial charge on any atom is 0.247 e. The molecule has 1 N–H and O–H groups in total. The molecule has 1 aromatic heterocycles. The molecule has 9 heteroatoms. The summed E-state index contributed by atoms with van der Waals surface area (Å²) < 4.78 is 37.3. The number of sulfonamides is 1. The zero-order chi connectivity index (χ0) is 16.4. The predicted octanol–water partition coefficient (Wildman–Crippen LogP) is 2.19. The summed E-state index contributed by atoms with van der Waals surface area (Å²) in [4.78, 5) is -0.0279. The van der Waals surface area contributed by atoms with Crippen LogP contribution < -0.4 is 4.72 Å². The van der Waals surface area contributed by atoms with Crippen LogP contribution >= 0.6 is 11.6 Å². The fourth-order valence-electron chi connectivity index (χ4n) is 2.40. The number of nitrogens with zero attached hydrogens (tertiary/aromatic N) is 2. The van der Waals surface area contributed by atoms with Gasteiger partial charge < -0.3 is 9.15 Å². The fraction of sp³-hybridized carbons (Fsp3) is 0.429. The minimum atomic E-state index is -3.66. The summed E-state index contributed by atoms with van der Waals surface area (Å²) in [6.45, 7) is 1.31. The minimum absolute atomic E-state index is 0.0279. The molecular formula is C14H16ClN3O4S. The number of halogens is 1. The van der Waals surface area contributed by atoms with Gasteiger partial charge in [0.25, 0.3) is 0 Å². The van der Waals surface area contributed by atoms with Crippen molar-refractivity contribution in [3.05, 3.63) is 29.1 Å². The van der Waals surface area contributed by atoms with Gasteiger partial charge in [0.2, 0.25) is 21.8 Å². The van der Waals surface area contributed by atoms with E-state index in [4.69, 9.17) is 20.8 Å². The van der Waals surface area contributed by atoms with Gasteiger partial charge in [-0.25, -0.2) is 13.1 Å². The average molecular weight is 358 g/mol. The first-order valence-electron chi connectivity index (χ1n) is 7.16. The van der Waals surface area contributed by atoms with Gasteiger partial charge in [-0.2, -0.15) is 0 Å². The molecule has 0 amide bonds. The summed E-state index contributed by atoms with van der Waals surface area (Å²) in [5.74, 6) is 0.847. The molecule has 2 heterocycles. The first kappa shape index (κ1) is 16.4. The van der Waals surface area contributed by atoms with E-state index in [2.05, 4.69) is 14.9 Å². The van der Waals surface area contributed by atoms with Crippen LogP contribution in [0.25, 0.3) is 11.5 Å². The van der Waals surface area contributed by atoms with Crippen LogP contribution in [0.15, 0.2) is 27.5 Å². The largest absolute Gasteiger partial charge is 0.420 e. The van der Waals surface area contributed by atoms with Crippen molar-refractivity contribution >= 4 is 21.6 Å². The third-order valence-corrected chi connectivity index (χ3v) is 5.58. The molecule has 1 unspecified atom stereocenters. The van der Waals surface area contributed by atoms with Crippen molar-refractivity contribution in [1.82, 2.24) is 14.9 Å². The molecule has 23 heavy (non-hydrogen) atoms. The number of hydrogen-bond acceptors (Lipinski definition) is 6. The third kappa shape index (κ3) is 3.40. The van der Waals surface area contributed by atoms with E-state index in [-0.39, 0.29) is 21.7 Å². The maximum absolute atomic E-state index is 12.0. The highest BCUT2D eigenvalue weighted by Crippen LogP contribution is 2.30. The Morgan fingerprint density at radius 2 is 2.17 bits per heavy atom. The Balaban J connectivity index is 1.93. The Bertz CT molecular complexity index is 800. The standard InChI is InChI=1S/C14H16ClN3O4S/c1-16-23(19,20)12-7-9(4-5-11(12)15)13-17-18-14(22-13)10-3-2-6-21-8-10/h4-5,7,10,16H,2-3,6,8H2,1H3. The molecule has 1 fully saturated rings. The van der Waals surface area contributed by atoms with Gasteiger partial charge in [-0.1, -0.05) is 11.6 Å². The number of nitrogens with one attached hydrogen (secondary N) is 1. The number of ether oxygens (including phenoxy) is 1. The molecule has 2 aromatic rings. The van der Waals surface area contributed by atoms with Crippen molar-refractivity contribution in [3.8, 4) is 11.5 Å². The topological polar surface area (TPSA) is 94.3 Å². The molecule has 1 aliphatic heterocycles. The van der Waals surface area contributed by atoms with Gasteiger partial charge in [0.1, 0.15) is 4.90 Å². The molecule has 0 saturated carbocycles. The highest BCUT2D eigenvalue weighted by atomic mass is 35.5. The number of aromatic nitrogens is 2. The molecule has 1 atom stereocenters. The molecule has 7 nitrogen and oxygen atoms in total. The van der Waals surface area contributed by atoms with Crippen molar-refractivity contribution in [1.29, 1.82) is 0 Å². The van der Waals surface area contributed by atoms with Gasteiger partial charge in [-0.3, -0.25) is 0 Å². The maximum atomic E-state index is 12.0. The zero-order valence-corrected chi connectivity index (χ0v) is 14.0. The smallest absolute Gasteiger partial charge is 0.247 e. The van der Waals surface area contributed by atoms with Crippen molar-refractivity contribution in [2.75, 3.05) is 20.3 Å². The van der Waals surface area contributed by atoms with Crippen molar-refractivity contribution in [3.63, 3.8) is 0 Å². The van der Waals surface area contributed by atoms with Crippen LogP contribution in [-0.4, -0.2) is 38.9 Å². The highest BCUT2D eigenvalue weighted by Gasteiger charge is 2.23. The second-order valence-corrected chi connectivity index (χ2v) is 7.47. The first-order chi connectivity index (χ1) is 11.0. The molecule has 1 aliphatic rings. The van der Waals surface area contributed by atoms with Crippen LogP contribution in [0.2, 0.25) is 5.02 Å². The summed E-state index contributed by atoms with van der Waals surface area (Å²) in [6.07, 6.45) is 1.88. The second-order valence-electron chi connectivity index (χ2n) is 5.21.